The molecule has 0 spiro atoms. The van der Waals surface area contributed by atoms with E-state index in [1.54, 1.807) is 7.05 Å². The molecule has 3 rings (SSSR count). The van der Waals surface area contributed by atoms with Crippen LogP contribution in [0.4, 0.5) is 0 Å². The van der Waals surface area contributed by atoms with Gasteiger partial charge in [0, 0.05) is 33.7 Å². The first-order valence-corrected chi connectivity index (χ1v) is 8.97. The Morgan fingerprint density at radius 2 is 1.78 bits per heavy atom. The van der Waals surface area contributed by atoms with Crippen molar-refractivity contribution in [2.24, 2.45) is 4.99 Å². The van der Waals surface area contributed by atoms with Crippen molar-refractivity contribution < 1.29 is 4.79 Å². The third-order valence-corrected chi connectivity index (χ3v) is 4.72. The van der Waals surface area contributed by atoms with E-state index in [2.05, 4.69) is 40.6 Å². The molecule has 0 atom stereocenters. The number of nitrogens with zero attached hydrogens (tertiary/aromatic N) is 3. The first-order valence-electron chi connectivity index (χ1n) is 8.97. The van der Waals surface area contributed by atoms with E-state index in [9.17, 15) is 4.79 Å². The lowest BCUT2D eigenvalue weighted by Crippen LogP contribution is -2.46. The summed E-state index contributed by atoms with van der Waals surface area (Å²) >= 11 is 0. The number of hydrogen-bond acceptors (Lipinski definition) is 2. The number of rotatable bonds is 4. The van der Waals surface area contributed by atoms with Gasteiger partial charge in [0.25, 0.3) is 0 Å². The third kappa shape index (κ3) is 5.69. The summed E-state index contributed by atoms with van der Waals surface area (Å²) in [7, 11) is 3.72. The fourth-order valence-electron chi connectivity index (χ4n) is 3.29. The summed E-state index contributed by atoms with van der Waals surface area (Å²) in [4.78, 5) is 20.8. The van der Waals surface area contributed by atoms with Gasteiger partial charge in [-0.15, -0.1) is 24.0 Å². The van der Waals surface area contributed by atoms with Crippen LogP contribution in [0.1, 0.15) is 16.7 Å². The molecule has 2 aromatic rings. The molecular formula is C21H27IN4O. The largest absolute Gasteiger partial charge is 0.347 e. The molecule has 0 fully saturated rings. The molecule has 1 N–H and O–H groups in total. The molecule has 0 aromatic heterocycles. The van der Waals surface area contributed by atoms with Gasteiger partial charge < -0.3 is 15.1 Å². The zero-order valence-electron chi connectivity index (χ0n) is 15.9. The first kappa shape index (κ1) is 21.2. The van der Waals surface area contributed by atoms with Crippen LogP contribution in [0, 0.1) is 0 Å². The average molecular weight is 478 g/mol. The van der Waals surface area contributed by atoms with Gasteiger partial charge in [0.2, 0.25) is 5.91 Å². The van der Waals surface area contributed by atoms with E-state index in [0.29, 0.717) is 6.54 Å². The SMILES string of the molecule is CN=C(NCC(=O)N1CCc2ccccc2C1)N(C)Cc1ccccc1.I. The summed E-state index contributed by atoms with van der Waals surface area (Å²) < 4.78 is 0. The van der Waals surface area contributed by atoms with Crippen molar-refractivity contribution in [3.05, 3.63) is 71.3 Å². The molecule has 0 unspecified atom stereocenters. The maximum absolute atomic E-state index is 12.6. The predicted octanol–water partition coefficient (Wildman–Crippen LogP) is 2.90. The highest BCUT2D eigenvalue weighted by atomic mass is 127. The van der Waals surface area contributed by atoms with E-state index in [1.165, 1.54) is 16.7 Å². The third-order valence-electron chi connectivity index (χ3n) is 4.72. The second kappa shape index (κ2) is 10.3. The number of guanidine groups is 1. The number of carbonyl (C=O) groups is 1. The van der Waals surface area contributed by atoms with Crippen LogP contribution in [-0.2, 0) is 24.3 Å². The minimum atomic E-state index is 0. The van der Waals surface area contributed by atoms with E-state index in [1.807, 2.05) is 41.1 Å². The van der Waals surface area contributed by atoms with Gasteiger partial charge >= 0.3 is 0 Å². The van der Waals surface area contributed by atoms with Gasteiger partial charge in [-0.25, -0.2) is 0 Å². The van der Waals surface area contributed by atoms with Crippen LogP contribution in [-0.4, -0.2) is 48.9 Å². The molecule has 1 heterocycles. The molecular weight excluding hydrogens is 451 g/mol. The fourth-order valence-corrected chi connectivity index (χ4v) is 3.29. The van der Waals surface area contributed by atoms with E-state index < -0.39 is 0 Å². The van der Waals surface area contributed by atoms with Gasteiger partial charge in [0.05, 0.1) is 6.54 Å². The minimum absolute atomic E-state index is 0. The highest BCUT2D eigenvalue weighted by Crippen LogP contribution is 2.18. The van der Waals surface area contributed by atoms with E-state index in [0.717, 1.165) is 25.5 Å². The van der Waals surface area contributed by atoms with Gasteiger partial charge in [-0.05, 0) is 23.1 Å². The standard InChI is InChI=1S/C21H26N4O.HI/c1-22-21(24(2)15-17-8-4-3-5-9-17)23-14-20(26)25-13-12-18-10-6-7-11-19(18)16-25;/h3-11H,12-16H2,1-2H3,(H,22,23);1H. The Bertz CT molecular complexity index is 779. The van der Waals surface area contributed by atoms with Crippen molar-refractivity contribution in [3.63, 3.8) is 0 Å². The quantitative estimate of drug-likeness (QED) is 0.418. The zero-order valence-corrected chi connectivity index (χ0v) is 18.2. The maximum atomic E-state index is 12.6. The maximum Gasteiger partial charge on any atom is 0.242 e. The molecule has 0 saturated carbocycles. The normalized spacial score (nSPS) is 13.4. The summed E-state index contributed by atoms with van der Waals surface area (Å²) in [5, 5.41) is 3.20. The second-order valence-corrected chi connectivity index (χ2v) is 6.58. The van der Waals surface area contributed by atoms with Crippen molar-refractivity contribution in [3.8, 4) is 0 Å². The molecule has 1 aliphatic rings. The Kier molecular flexibility index (Phi) is 8.09. The van der Waals surface area contributed by atoms with Crippen LogP contribution in [0.5, 0.6) is 0 Å². The number of carbonyl (C=O) groups excluding carboxylic acids is 1. The topological polar surface area (TPSA) is 47.9 Å². The zero-order chi connectivity index (χ0) is 18.4. The molecule has 1 amide bonds. The number of amides is 1. The molecule has 27 heavy (non-hydrogen) atoms. The van der Waals surface area contributed by atoms with Crippen LogP contribution < -0.4 is 5.32 Å². The Hall–Kier alpha value is -2.09. The molecule has 5 nitrogen and oxygen atoms in total. The lowest BCUT2D eigenvalue weighted by molar-refractivity contribution is -0.130. The Morgan fingerprint density at radius 3 is 2.48 bits per heavy atom. The van der Waals surface area contributed by atoms with Gasteiger partial charge in [0.1, 0.15) is 0 Å². The van der Waals surface area contributed by atoms with E-state index >= 15 is 0 Å². The molecule has 1 aliphatic heterocycles. The van der Waals surface area contributed by atoms with Gasteiger partial charge in [0.15, 0.2) is 5.96 Å². The summed E-state index contributed by atoms with van der Waals surface area (Å²) in [5.74, 6) is 0.827. The van der Waals surface area contributed by atoms with Crippen LogP contribution in [0.15, 0.2) is 59.6 Å². The minimum Gasteiger partial charge on any atom is -0.347 e. The highest BCUT2D eigenvalue weighted by Gasteiger charge is 2.20. The number of hydrogen-bond donors (Lipinski definition) is 1. The lowest BCUT2D eigenvalue weighted by Gasteiger charge is -2.29. The Morgan fingerprint density at radius 1 is 1.11 bits per heavy atom. The van der Waals surface area contributed by atoms with Crippen molar-refractivity contribution in [1.29, 1.82) is 0 Å². The van der Waals surface area contributed by atoms with Gasteiger partial charge in [-0.2, -0.15) is 0 Å². The summed E-state index contributed by atoms with van der Waals surface area (Å²) in [6, 6.07) is 18.6. The predicted molar refractivity (Wildman–Crippen MR) is 120 cm³/mol. The van der Waals surface area contributed by atoms with Gasteiger partial charge in [-0.3, -0.25) is 9.79 Å². The Labute approximate surface area is 178 Å². The molecule has 2 aromatic carbocycles. The number of halogens is 1. The number of aliphatic imine (C=N–C) groups is 1. The Balaban J connectivity index is 0.00000261. The van der Waals surface area contributed by atoms with Crippen LogP contribution in [0.3, 0.4) is 0 Å². The number of fused-ring (bicyclic) bond motifs is 1. The monoisotopic (exact) mass is 478 g/mol. The number of nitrogens with one attached hydrogen (secondary N) is 1. The molecule has 0 aliphatic carbocycles. The molecule has 6 heteroatoms. The second-order valence-electron chi connectivity index (χ2n) is 6.58. The van der Waals surface area contributed by atoms with Crippen LogP contribution in [0.25, 0.3) is 0 Å². The van der Waals surface area contributed by atoms with Crippen LogP contribution >= 0.6 is 24.0 Å². The first-order chi connectivity index (χ1) is 12.7. The average Bonchev–Trinajstić information content (AvgIpc) is 2.68. The van der Waals surface area contributed by atoms with Crippen molar-refractivity contribution in [1.82, 2.24) is 15.1 Å². The van der Waals surface area contributed by atoms with E-state index in [-0.39, 0.29) is 36.4 Å². The summed E-state index contributed by atoms with van der Waals surface area (Å²) in [5.41, 5.74) is 3.80. The van der Waals surface area contributed by atoms with E-state index in [4.69, 9.17) is 0 Å². The number of benzene rings is 2. The fraction of sp³-hybridized carbons (Fsp3) is 0.333. The van der Waals surface area contributed by atoms with Crippen molar-refractivity contribution in [2.45, 2.75) is 19.5 Å². The molecule has 144 valence electrons. The lowest BCUT2D eigenvalue weighted by atomic mass is 10.00. The smallest absolute Gasteiger partial charge is 0.242 e. The van der Waals surface area contributed by atoms with Crippen molar-refractivity contribution >= 4 is 35.8 Å². The molecule has 0 radical (unpaired) electrons. The molecule has 0 bridgehead atoms. The molecule has 0 saturated heterocycles. The van der Waals surface area contributed by atoms with Gasteiger partial charge in [-0.1, -0.05) is 54.6 Å². The highest BCUT2D eigenvalue weighted by molar-refractivity contribution is 14.0. The van der Waals surface area contributed by atoms with Crippen molar-refractivity contribution in [2.75, 3.05) is 27.2 Å². The summed E-state index contributed by atoms with van der Waals surface area (Å²) in [6.45, 7) is 2.46. The summed E-state index contributed by atoms with van der Waals surface area (Å²) in [6.07, 6.45) is 0.921. The van der Waals surface area contributed by atoms with Crippen LogP contribution in [0.2, 0.25) is 0 Å².